The second-order valence-electron chi connectivity index (χ2n) is 10.6. The highest BCUT2D eigenvalue weighted by molar-refractivity contribution is 6.15. The Morgan fingerprint density at radius 2 is 1.07 bits per heavy atom. The lowest BCUT2D eigenvalue weighted by Gasteiger charge is -2.18. The number of fused-ring (bicyclic) bond motifs is 6. The van der Waals surface area contributed by atoms with E-state index in [1.54, 1.807) is 18.2 Å². The molecule has 8 aromatic rings. The molecule has 0 unspecified atom stereocenters. The highest BCUT2D eigenvalue weighted by atomic mass is 16.3. The van der Waals surface area contributed by atoms with Crippen molar-refractivity contribution in [3.05, 3.63) is 132 Å². The van der Waals surface area contributed by atoms with Crippen molar-refractivity contribution < 1.29 is 8.83 Å². The summed E-state index contributed by atoms with van der Waals surface area (Å²) in [7, 11) is 0. The Balaban J connectivity index is 1.56. The van der Waals surface area contributed by atoms with E-state index < -0.39 is 0 Å². The highest BCUT2D eigenvalue weighted by Crippen LogP contribution is 2.46. The van der Waals surface area contributed by atoms with Crippen LogP contribution in [0.1, 0.15) is 16.7 Å². The quantitative estimate of drug-likeness (QED) is 0.214. The third kappa shape index (κ3) is 3.63. The van der Waals surface area contributed by atoms with Crippen molar-refractivity contribution in [3.8, 4) is 51.6 Å². The Hall–Kier alpha value is -6.61. The highest BCUT2D eigenvalue weighted by Gasteiger charge is 2.25. The van der Waals surface area contributed by atoms with E-state index in [0.29, 0.717) is 50.1 Å². The van der Waals surface area contributed by atoms with Gasteiger partial charge >= 0.3 is 0 Å². The molecule has 202 valence electrons. The van der Waals surface area contributed by atoms with Crippen LogP contribution in [0, 0.1) is 34.0 Å². The zero-order chi connectivity index (χ0) is 29.8. The van der Waals surface area contributed by atoms with E-state index in [9.17, 15) is 15.8 Å². The second kappa shape index (κ2) is 9.74. The SMILES string of the molecule is N#Cc1cccc(-c2c(C#N)c(-c3cccc4c3oc3ccccc34)cc(-c3cccc4oc5ccccc5c34)c2C#N)c1. The number of furan rings is 2. The van der Waals surface area contributed by atoms with Crippen LogP contribution in [0.3, 0.4) is 0 Å². The Kier molecular flexibility index (Phi) is 5.56. The molecule has 0 fully saturated rings. The van der Waals surface area contributed by atoms with Crippen LogP contribution in [0.15, 0.2) is 124 Å². The van der Waals surface area contributed by atoms with Gasteiger partial charge in [0.15, 0.2) is 0 Å². The van der Waals surface area contributed by atoms with E-state index >= 15 is 0 Å². The summed E-state index contributed by atoms with van der Waals surface area (Å²) in [6.07, 6.45) is 0. The van der Waals surface area contributed by atoms with Crippen molar-refractivity contribution in [1.29, 1.82) is 15.8 Å². The van der Waals surface area contributed by atoms with Gasteiger partial charge in [0.2, 0.25) is 0 Å². The third-order valence-electron chi connectivity index (χ3n) is 8.22. The summed E-state index contributed by atoms with van der Waals surface area (Å²) >= 11 is 0. The first kappa shape index (κ1) is 25.1. The number of hydrogen-bond donors (Lipinski definition) is 0. The van der Waals surface area contributed by atoms with Gasteiger partial charge in [-0.2, -0.15) is 15.8 Å². The van der Waals surface area contributed by atoms with Gasteiger partial charge < -0.3 is 8.83 Å². The number of rotatable bonds is 3. The predicted octanol–water partition coefficient (Wildman–Crippen LogP) is 10.1. The molecule has 0 radical (unpaired) electrons. The summed E-state index contributed by atoms with van der Waals surface area (Å²) in [6, 6.07) is 43.4. The number of para-hydroxylation sites is 3. The summed E-state index contributed by atoms with van der Waals surface area (Å²) in [6.45, 7) is 0. The largest absolute Gasteiger partial charge is 0.456 e. The van der Waals surface area contributed by atoms with Crippen LogP contribution >= 0.6 is 0 Å². The summed E-state index contributed by atoms with van der Waals surface area (Å²) in [5.41, 5.74) is 7.88. The molecule has 0 amide bonds. The second-order valence-corrected chi connectivity index (χ2v) is 10.6. The normalized spacial score (nSPS) is 11.1. The average Bonchev–Trinajstić information content (AvgIpc) is 3.66. The van der Waals surface area contributed by atoms with Gasteiger partial charge in [0.1, 0.15) is 34.5 Å². The van der Waals surface area contributed by atoms with Gasteiger partial charge in [0, 0.05) is 43.8 Å². The monoisotopic (exact) mass is 561 g/mol. The van der Waals surface area contributed by atoms with Gasteiger partial charge in [0.25, 0.3) is 0 Å². The Morgan fingerprint density at radius 1 is 0.455 bits per heavy atom. The standard InChI is InChI=1S/C39H19N3O2/c40-20-23-8-5-9-24(18-23)37-32(21-41)30(26-12-7-17-36-38(26)29-11-2-4-16-35(29)43-36)19-31(33(37)22-42)28-14-6-13-27-25-10-1-3-15-34(25)44-39(27)28/h1-19H. The fourth-order valence-corrected chi connectivity index (χ4v) is 6.33. The molecule has 8 rings (SSSR count). The van der Waals surface area contributed by atoms with Crippen molar-refractivity contribution in [2.24, 2.45) is 0 Å². The van der Waals surface area contributed by atoms with Crippen molar-refractivity contribution in [2.75, 3.05) is 0 Å². The molecule has 6 aromatic carbocycles. The van der Waals surface area contributed by atoms with Crippen molar-refractivity contribution >= 4 is 43.9 Å². The predicted molar refractivity (Wildman–Crippen MR) is 171 cm³/mol. The molecule has 5 nitrogen and oxygen atoms in total. The van der Waals surface area contributed by atoms with Gasteiger partial charge in [-0.1, -0.05) is 78.9 Å². The molecular weight excluding hydrogens is 542 g/mol. The molecule has 0 aliphatic rings. The lowest BCUT2D eigenvalue weighted by Crippen LogP contribution is -1.99. The minimum atomic E-state index is 0.331. The third-order valence-corrected chi connectivity index (χ3v) is 8.22. The molecule has 0 saturated carbocycles. The van der Waals surface area contributed by atoms with E-state index in [2.05, 4.69) is 18.2 Å². The van der Waals surface area contributed by atoms with E-state index in [-0.39, 0.29) is 0 Å². The maximum atomic E-state index is 10.8. The number of hydrogen-bond acceptors (Lipinski definition) is 5. The van der Waals surface area contributed by atoms with Crippen LogP contribution < -0.4 is 0 Å². The first-order valence-electron chi connectivity index (χ1n) is 14.0. The van der Waals surface area contributed by atoms with Crippen LogP contribution in [0.2, 0.25) is 0 Å². The molecular formula is C39H19N3O2. The Labute approximate surface area is 251 Å². The summed E-state index contributed by atoms with van der Waals surface area (Å²) in [5.74, 6) is 0. The Morgan fingerprint density at radius 3 is 1.84 bits per heavy atom. The van der Waals surface area contributed by atoms with Crippen LogP contribution in [0.5, 0.6) is 0 Å². The van der Waals surface area contributed by atoms with Gasteiger partial charge in [0.05, 0.1) is 22.8 Å². The molecule has 0 atom stereocenters. The molecule has 0 bridgehead atoms. The average molecular weight is 562 g/mol. The summed E-state index contributed by atoms with van der Waals surface area (Å²) in [4.78, 5) is 0. The molecule has 0 aliphatic heterocycles. The van der Waals surface area contributed by atoms with E-state index in [1.807, 2.05) is 97.1 Å². The fraction of sp³-hybridized carbons (Fsp3) is 0. The smallest absolute Gasteiger partial charge is 0.143 e. The molecule has 2 aromatic heterocycles. The molecule has 0 spiro atoms. The first-order valence-corrected chi connectivity index (χ1v) is 14.0. The summed E-state index contributed by atoms with van der Waals surface area (Å²) < 4.78 is 12.6. The van der Waals surface area contributed by atoms with Crippen molar-refractivity contribution in [1.82, 2.24) is 0 Å². The maximum absolute atomic E-state index is 10.8. The first-order chi connectivity index (χ1) is 21.7. The van der Waals surface area contributed by atoms with E-state index in [0.717, 1.165) is 43.8 Å². The van der Waals surface area contributed by atoms with Gasteiger partial charge in [-0.3, -0.25) is 0 Å². The van der Waals surface area contributed by atoms with E-state index in [4.69, 9.17) is 8.83 Å². The lowest BCUT2D eigenvalue weighted by molar-refractivity contribution is 0.669. The zero-order valence-corrected chi connectivity index (χ0v) is 23.1. The number of nitriles is 3. The van der Waals surface area contributed by atoms with Crippen LogP contribution in [-0.4, -0.2) is 0 Å². The molecule has 44 heavy (non-hydrogen) atoms. The van der Waals surface area contributed by atoms with E-state index in [1.165, 1.54) is 0 Å². The Bertz CT molecular complexity index is 2600. The van der Waals surface area contributed by atoms with Crippen LogP contribution in [-0.2, 0) is 0 Å². The molecule has 0 N–H and O–H groups in total. The van der Waals surface area contributed by atoms with Gasteiger partial charge in [-0.05, 0) is 47.5 Å². The van der Waals surface area contributed by atoms with Gasteiger partial charge in [-0.15, -0.1) is 0 Å². The topological polar surface area (TPSA) is 97.7 Å². The van der Waals surface area contributed by atoms with Crippen LogP contribution in [0.4, 0.5) is 0 Å². The minimum Gasteiger partial charge on any atom is -0.456 e. The van der Waals surface area contributed by atoms with Crippen molar-refractivity contribution in [2.45, 2.75) is 0 Å². The minimum absolute atomic E-state index is 0.331. The number of nitrogens with zero attached hydrogens (tertiary/aromatic N) is 3. The van der Waals surface area contributed by atoms with Crippen LogP contribution in [0.25, 0.3) is 77.3 Å². The summed E-state index contributed by atoms with van der Waals surface area (Å²) in [5, 5.41) is 35.0. The van der Waals surface area contributed by atoms with Gasteiger partial charge in [-0.25, -0.2) is 0 Å². The van der Waals surface area contributed by atoms with Crippen molar-refractivity contribution in [3.63, 3.8) is 0 Å². The molecule has 0 saturated heterocycles. The lowest BCUT2D eigenvalue weighted by atomic mass is 9.83. The fourth-order valence-electron chi connectivity index (χ4n) is 6.33. The molecule has 0 aliphatic carbocycles. The number of benzene rings is 6. The molecule has 5 heteroatoms. The zero-order valence-electron chi connectivity index (χ0n) is 23.1. The molecule has 2 heterocycles. The maximum Gasteiger partial charge on any atom is 0.143 e.